The van der Waals surface area contributed by atoms with Gasteiger partial charge in [0.15, 0.2) is 0 Å². The fourth-order valence-corrected chi connectivity index (χ4v) is 0.826. The van der Waals surface area contributed by atoms with Crippen molar-refractivity contribution in [3.63, 3.8) is 0 Å². The zero-order valence-corrected chi connectivity index (χ0v) is 7.69. The van der Waals surface area contributed by atoms with E-state index in [9.17, 15) is 9.59 Å². The van der Waals surface area contributed by atoms with Crippen molar-refractivity contribution >= 4 is 11.8 Å². The third-order valence-electron chi connectivity index (χ3n) is 1.43. The van der Waals surface area contributed by atoms with Crippen LogP contribution in [-0.2, 0) is 0 Å². The molecule has 0 aromatic heterocycles. The van der Waals surface area contributed by atoms with Gasteiger partial charge in [-0.15, -0.1) is 0 Å². The molecular formula is C8H14N4O2. The van der Waals surface area contributed by atoms with Gasteiger partial charge in [-0.2, -0.15) is 0 Å². The molecule has 10 N–H and O–H groups in total. The van der Waals surface area contributed by atoms with Gasteiger partial charge in [0.05, 0.1) is 0 Å². The molecule has 0 aliphatic rings. The highest BCUT2D eigenvalue weighted by Gasteiger charge is 2.03. The molecule has 0 fully saturated rings. The second-order valence-corrected chi connectivity index (χ2v) is 2.31. The molecule has 1 aromatic rings. The topological polar surface area (TPSA) is 156 Å². The lowest BCUT2D eigenvalue weighted by molar-refractivity contribution is 0.0999. The first-order valence-electron chi connectivity index (χ1n) is 3.31. The molecular weight excluding hydrogens is 184 g/mol. The molecule has 0 aliphatic heterocycles. The molecule has 1 rings (SSSR count). The van der Waals surface area contributed by atoms with E-state index in [1.54, 1.807) is 6.07 Å². The molecule has 0 atom stereocenters. The Morgan fingerprint density at radius 1 is 0.929 bits per heavy atom. The lowest BCUT2D eigenvalue weighted by Crippen LogP contribution is -2.14. The number of rotatable bonds is 2. The molecule has 14 heavy (non-hydrogen) atoms. The van der Waals surface area contributed by atoms with Crippen LogP contribution in [0.25, 0.3) is 0 Å². The summed E-state index contributed by atoms with van der Waals surface area (Å²) in [4.78, 5) is 21.3. The average Bonchev–Trinajstić information content (AvgIpc) is 2.04. The molecule has 0 heterocycles. The fraction of sp³-hybridized carbons (Fsp3) is 0. The predicted molar refractivity (Wildman–Crippen MR) is 53.5 cm³/mol. The van der Waals surface area contributed by atoms with Crippen molar-refractivity contribution in [3.8, 4) is 0 Å². The zero-order chi connectivity index (χ0) is 9.14. The van der Waals surface area contributed by atoms with Crippen LogP contribution >= 0.6 is 0 Å². The molecule has 0 spiro atoms. The number of nitrogens with two attached hydrogens (primary N) is 2. The molecule has 0 aliphatic carbocycles. The van der Waals surface area contributed by atoms with E-state index in [0.717, 1.165) is 0 Å². The highest BCUT2D eigenvalue weighted by molar-refractivity contribution is 5.98. The second-order valence-electron chi connectivity index (χ2n) is 2.31. The highest BCUT2D eigenvalue weighted by atomic mass is 16.1. The minimum atomic E-state index is -0.571. The first-order chi connectivity index (χ1) is 5.61. The van der Waals surface area contributed by atoms with Crippen LogP contribution in [0.15, 0.2) is 24.3 Å². The van der Waals surface area contributed by atoms with Crippen LogP contribution < -0.4 is 23.8 Å². The van der Waals surface area contributed by atoms with E-state index >= 15 is 0 Å². The fourth-order valence-electron chi connectivity index (χ4n) is 0.826. The van der Waals surface area contributed by atoms with Crippen LogP contribution in [0.2, 0.25) is 0 Å². The van der Waals surface area contributed by atoms with Crippen LogP contribution in [-0.4, -0.2) is 11.8 Å². The van der Waals surface area contributed by atoms with Crippen LogP contribution in [0.1, 0.15) is 20.7 Å². The minimum absolute atomic E-state index is 0. The molecule has 6 nitrogen and oxygen atoms in total. The summed E-state index contributed by atoms with van der Waals surface area (Å²) in [7, 11) is 0. The molecule has 1 aromatic carbocycles. The summed E-state index contributed by atoms with van der Waals surface area (Å²) in [5.41, 5.74) is 10.6. The quantitative estimate of drug-likeness (QED) is 0.535. The zero-order valence-electron chi connectivity index (χ0n) is 7.69. The number of primary amides is 2. The third kappa shape index (κ3) is 3.21. The van der Waals surface area contributed by atoms with Gasteiger partial charge < -0.3 is 23.8 Å². The Kier molecular flexibility index (Phi) is 5.92. The van der Waals surface area contributed by atoms with Crippen molar-refractivity contribution < 1.29 is 9.59 Å². The van der Waals surface area contributed by atoms with Crippen molar-refractivity contribution in [2.75, 3.05) is 0 Å². The molecule has 0 unspecified atom stereocenters. The van der Waals surface area contributed by atoms with E-state index in [4.69, 9.17) is 11.5 Å². The van der Waals surface area contributed by atoms with Gasteiger partial charge in [-0.05, 0) is 18.2 Å². The summed E-state index contributed by atoms with van der Waals surface area (Å²) in [5.74, 6) is -1.14. The molecule has 0 bridgehead atoms. The summed E-state index contributed by atoms with van der Waals surface area (Å²) in [5, 5.41) is 0. The Morgan fingerprint density at radius 3 is 1.57 bits per heavy atom. The van der Waals surface area contributed by atoms with Gasteiger partial charge in [0, 0.05) is 11.1 Å². The number of hydrogen-bond acceptors (Lipinski definition) is 4. The lowest BCUT2D eigenvalue weighted by Gasteiger charge is -1.97. The Bertz CT molecular complexity index is 309. The van der Waals surface area contributed by atoms with Crippen molar-refractivity contribution in [2.24, 2.45) is 11.5 Å². The highest BCUT2D eigenvalue weighted by Crippen LogP contribution is 2.03. The average molecular weight is 198 g/mol. The van der Waals surface area contributed by atoms with Gasteiger partial charge in [-0.3, -0.25) is 9.59 Å². The van der Waals surface area contributed by atoms with Crippen LogP contribution in [0.4, 0.5) is 0 Å². The summed E-state index contributed by atoms with van der Waals surface area (Å²) in [6.45, 7) is 0. The third-order valence-corrected chi connectivity index (χ3v) is 1.43. The maximum atomic E-state index is 10.6. The number of hydrogen-bond donors (Lipinski definition) is 4. The summed E-state index contributed by atoms with van der Waals surface area (Å²) < 4.78 is 0. The van der Waals surface area contributed by atoms with E-state index in [1.165, 1.54) is 18.2 Å². The maximum Gasteiger partial charge on any atom is 0.248 e. The molecule has 0 radical (unpaired) electrons. The SMILES string of the molecule is N.N.NC(=O)c1cccc(C(N)=O)c1. The number of carbonyl (C=O) groups is 2. The first-order valence-corrected chi connectivity index (χ1v) is 3.31. The second kappa shape index (κ2) is 5.68. The van der Waals surface area contributed by atoms with Crippen molar-refractivity contribution in [1.29, 1.82) is 0 Å². The van der Waals surface area contributed by atoms with Gasteiger partial charge in [0.1, 0.15) is 0 Å². The number of amides is 2. The van der Waals surface area contributed by atoms with Gasteiger partial charge in [0.25, 0.3) is 0 Å². The van der Waals surface area contributed by atoms with Crippen molar-refractivity contribution in [2.45, 2.75) is 0 Å². The Hall–Kier alpha value is -1.92. The predicted octanol–water partition coefficient (Wildman–Crippen LogP) is 0.208. The van der Waals surface area contributed by atoms with E-state index in [1.807, 2.05) is 0 Å². The minimum Gasteiger partial charge on any atom is -0.366 e. The van der Waals surface area contributed by atoms with E-state index < -0.39 is 11.8 Å². The summed E-state index contributed by atoms with van der Waals surface area (Å²) >= 11 is 0. The number of carbonyl (C=O) groups excluding carboxylic acids is 2. The molecule has 0 saturated carbocycles. The van der Waals surface area contributed by atoms with E-state index in [-0.39, 0.29) is 23.4 Å². The normalized spacial score (nSPS) is 8.00. The molecule has 0 saturated heterocycles. The van der Waals surface area contributed by atoms with Crippen LogP contribution in [0.5, 0.6) is 0 Å². The standard InChI is InChI=1S/C8H8N2O2.2H3N/c9-7(11)5-2-1-3-6(4-5)8(10)12;;/h1-4H,(H2,9,11)(H2,10,12);2*1H3. The summed E-state index contributed by atoms with van der Waals surface area (Å²) in [6.07, 6.45) is 0. The molecule has 6 heteroatoms. The largest absolute Gasteiger partial charge is 0.366 e. The maximum absolute atomic E-state index is 10.6. The van der Waals surface area contributed by atoms with E-state index in [0.29, 0.717) is 0 Å². The Morgan fingerprint density at radius 2 is 1.29 bits per heavy atom. The van der Waals surface area contributed by atoms with Gasteiger partial charge >= 0.3 is 0 Å². The smallest absolute Gasteiger partial charge is 0.248 e. The van der Waals surface area contributed by atoms with Crippen LogP contribution in [0.3, 0.4) is 0 Å². The Balaban J connectivity index is 0. The Labute approximate surface area is 81.4 Å². The monoisotopic (exact) mass is 198 g/mol. The van der Waals surface area contributed by atoms with Crippen molar-refractivity contribution in [1.82, 2.24) is 12.3 Å². The van der Waals surface area contributed by atoms with E-state index in [2.05, 4.69) is 0 Å². The van der Waals surface area contributed by atoms with Crippen LogP contribution in [0, 0.1) is 0 Å². The first kappa shape index (κ1) is 14.6. The van der Waals surface area contributed by atoms with Gasteiger partial charge in [-0.1, -0.05) is 6.07 Å². The van der Waals surface area contributed by atoms with Gasteiger partial charge in [0.2, 0.25) is 11.8 Å². The van der Waals surface area contributed by atoms with Gasteiger partial charge in [-0.25, -0.2) is 0 Å². The van der Waals surface area contributed by atoms with Crippen molar-refractivity contribution in [3.05, 3.63) is 35.4 Å². The number of benzene rings is 1. The molecule has 78 valence electrons. The lowest BCUT2D eigenvalue weighted by atomic mass is 10.1. The summed E-state index contributed by atoms with van der Waals surface area (Å²) in [6, 6.07) is 5.97. The molecule has 2 amide bonds.